The molecule has 2 aromatic rings. The minimum atomic E-state index is -1.20. The molecule has 1 aliphatic heterocycles. The van der Waals surface area contributed by atoms with Crippen LogP contribution in [0.1, 0.15) is 5.69 Å². The lowest BCUT2D eigenvalue weighted by atomic mass is 9.90. The number of rotatable bonds is 3. The Kier molecular flexibility index (Phi) is 2.64. The van der Waals surface area contributed by atoms with E-state index in [4.69, 9.17) is 0 Å². The van der Waals surface area contributed by atoms with Crippen LogP contribution >= 0.6 is 0 Å². The summed E-state index contributed by atoms with van der Waals surface area (Å²) in [6, 6.07) is 3.34. The second kappa shape index (κ2) is 4.23. The molecule has 0 aliphatic carbocycles. The van der Waals surface area contributed by atoms with Gasteiger partial charge in [0.25, 0.3) is 5.69 Å². The molecular formula is C11H10FN5O3. The first kappa shape index (κ1) is 12.5. The van der Waals surface area contributed by atoms with E-state index in [0.29, 0.717) is 5.69 Å². The van der Waals surface area contributed by atoms with Crippen molar-refractivity contribution in [3.8, 4) is 0 Å². The maximum Gasteiger partial charge on any atom is 0.295 e. The van der Waals surface area contributed by atoms with Crippen molar-refractivity contribution >= 4 is 11.4 Å². The zero-order chi connectivity index (χ0) is 14.3. The SMILES string of the molecule is O=[N+]([O-])c1cc(F)ccc1N1CC(O)(c2cn[nH]n2)C1. The average molecular weight is 279 g/mol. The van der Waals surface area contributed by atoms with Gasteiger partial charge in [-0.15, -0.1) is 0 Å². The van der Waals surface area contributed by atoms with Gasteiger partial charge in [-0.2, -0.15) is 15.4 Å². The number of β-amino-alcohol motifs (C(OH)–C–C–N with tert-alkyl or cyclic N) is 1. The standard InChI is InChI=1S/C11H10FN5O3/c12-7-1-2-8(9(3-7)17(19)20)16-5-11(18,6-16)10-4-13-15-14-10/h1-4,18H,5-6H2,(H,13,14,15). The average Bonchev–Trinajstić information content (AvgIpc) is 2.89. The van der Waals surface area contributed by atoms with Gasteiger partial charge in [0.2, 0.25) is 0 Å². The molecule has 1 aromatic heterocycles. The molecule has 1 aromatic carbocycles. The monoisotopic (exact) mass is 279 g/mol. The molecule has 1 saturated heterocycles. The molecule has 1 fully saturated rings. The lowest BCUT2D eigenvalue weighted by Crippen LogP contribution is -2.60. The Morgan fingerprint density at radius 1 is 1.50 bits per heavy atom. The number of nitro benzene ring substituents is 1. The molecule has 2 heterocycles. The van der Waals surface area contributed by atoms with E-state index in [-0.39, 0.29) is 24.5 Å². The van der Waals surface area contributed by atoms with Crippen LogP contribution in [0.3, 0.4) is 0 Å². The quantitative estimate of drug-likeness (QED) is 0.627. The maximum atomic E-state index is 13.1. The molecule has 0 spiro atoms. The number of nitrogens with one attached hydrogen (secondary N) is 1. The molecule has 0 saturated carbocycles. The summed E-state index contributed by atoms with van der Waals surface area (Å²) in [5.41, 5.74) is -0.884. The largest absolute Gasteiger partial charge is 0.380 e. The molecule has 9 heteroatoms. The summed E-state index contributed by atoms with van der Waals surface area (Å²) in [5.74, 6) is -0.673. The van der Waals surface area contributed by atoms with Gasteiger partial charge in [-0.3, -0.25) is 10.1 Å². The van der Waals surface area contributed by atoms with Crippen molar-refractivity contribution in [2.24, 2.45) is 0 Å². The third-order valence-electron chi connectivity index (χ3n) is 3.27. The summed E-state index contributed by atoms with van der Waals surface area (Å²) >= 11 is 0. The topological polar surface area (TPSA) is 108 Å². The fraction of sp³-hybridized carbons (Fsp3) is 0.273. The van der Waals surface area contributed by atoms with E-state index in [2.05, 4.69) is 15.4 Å². The number of halogens is 1. The highest BCUT2D eigenvalue weighted by Gasteiger charge is 2.46. The molecule has 3 rings (SSSR count). The molecule has 104 valence electrons. The van der Waals surface area contributed by atoms with Crippen molar-refractivity contribution in [3.05, 3.63) is 46.0 Å². The Labute approximate surface area is 112 Å². The molecule has 20 heavy (non-hydrogen) atoms. The van der Waals surface area contributed by atoms with E-state index in [1.165, 1.54) is 12.3 Å². The first-order chi connectivity index (χ1) is 9.49. The van der Waals surface area contributed by atoms with E-state index in [1.54, 1.807) is 4.90 Å². The van der Waals surface area contributed by atoms with Gasteiger partial charge >= 0.3 is 0 Å². The second-order valence-corrected chi connectivity index (χ2v) is 4.63. The van der Waals surface area contributed by atoms with Crippen molar-refractivity contribution in [2.75, 3.05) is 18.0 Å². The lowest BCUT2D eigenvalue weighted by molar-refractivity contribution is -0.384. The molecule has 0 atom stereocenters. The minimum absolute atomic E-state index is 0.131. The smallest absolute Gasteiger partial charge is 0.295 e. The van der Waals surface area contributed by atoms with Crippen molar-refractivity contribution in [1.29, 1.82) is 0 Å². The molecule has 2 N–H and O–H groups in total. The number of H-pyrrole nitrogens is 1. The molecule has 0 radical (unpaired) electrons. The summed E-state index contributed by atoms with van der Waals surface area (Å²) in [5, 5.41) is 31.0. The van der Waals surface area contributed by atoms with E-state index >= 15 is 0 Å². The Morgan fingerprint density at radius 2 is 2.25 bits per heavy atom. The molecule has 0 unspecified atom stereocenters. The number of hydrogen-bond donors (Lipinski definition) is 2. The number of benzene rings is 1. The summed E-state index contributed by atoms with van der Waals surface area (Å²) in [6.45, 7) is 0.262. The van der Waals surface area contributed by atoms with Gasteiger partial charge in [-0.05, 0) is 12.1 Å². The third kappa shape index (κ3) is 1.88. The number of anilines is 1. The Hall–Kier alpha value is -2.55. The predicted molar refractivity (Wildman–Crippen MR) is 65.5 cm³/mol. The van der Waals surface area contributed by atoms with Crippen LogP contribution in [0.5, 0.6) is 0 Å². The van der Waals surface area contributed by atoms with Crippen LogP contribution in [0.2, 0.25) is 0 Å². The number of aromatic nitrogens is 3. The van der Waals surface area contributed by atoms with Gasteiger partial charge in [0.15, 0.2) is 0 Å². The van der Waals surface area contributed by atoms with Crippen molar-refractivity contribution < 1.29 is 14.4 Å². The van der Waals surface area contributed by atoms with Gasteiger partial charge in [0, 0.05) is 0 Å². The summed E-state index contributed by atoms with van der Waals surface area (Å²) in [7, 11) is 0. The molecular weight excluding hydrogens is 269 g/mol. The summed E-state index contributed by atoms with van der Waals surface area (Å²) in [4.78, 5) is 11.9. The predicted octanol–water partition coefficient (Wildman–Crippen LogP) is 0.560. The third-order valence-corrected chi connectivity index (χ3v) is 3.27. The number of aromatic amines is 1. The van der Waals surface area contributed by atoms with E-state index in [9.17, 15) is 19.6 Å². The van der Waals surface area contributed by atoms with E-state index in [0.717, 1.165) is 12.1 Å². The normalized spacial score (nSPS) is 16.8. The second-order valence-electron chi connectivity index (χ2n) is 4.63. The fourth-order valence-electron chi connectivity index (χ4n) is 2.25. The van der Waals surface area contributed by atoms with Crippen LogP contribution in [0.4, 0.5) is 15.8 Å². The summed E-state index contributed by atoms with van der Waals surface area (Å²) in [6.07, 6.45) is 1.40. The van der Waals surface area contributed by atoms with Crippen molar-refractivity contribution in [3.63, 3.8) is 0 Å². The summed E-state index contributed by atoms with van der Waals surface area (Å²) < 4.78 is 13.1. The van der Waals surface area contributed by atoms with E-state index in [1.807, 2.05) is 0 Å². The highest BCUT2D eigenvalue weighted by molar-refractivity contribution is 5.65. The van der Waals surface area contributed by atoms with Gasteiger partial charge < -0.3 is 10.0 Å². The van der Waals surface area contributed by atoms with Gasteiger partial charge in [-0.1, -0.05) is 0 Å². The van der Waals surface area contributed by atoms with Crippen LogP contribution in [0, 0.1) is 15.9 Å². The van der Waals surface area contributed by atoms with Crippen LogP contribution in [0.25, 0.3) is 0 Å². The minimum Gasteiger partial charge on any atom is -0.380 e. The van der Waals surface area contributed by atoms with Gasteiger partial charge in [0.1, 0.15) is 22.8 Å². The first-order valence-electron chi connectivity index (χ1n) is 5.77. The van der Waals surface area contributed by atoms with Crippen LogP contribution in [0.15, 0.2) is 24.4 Å². The Morgan fingerprint density at radius 3 is 2.85 bits per heavy atom. The highest BCUT2D eigenvalue weighted by atomic mass is 19.1. The van der Waals surface area contributed by atoms with Crippen molar-refractivity contribution in [1.82, 2.24) is 15.4 Å². The molecule has 0 amide bonds. The first-order valence-corrected chi connectivity index (χ1v) is 5.77. The highest BCUT2D eigenvalue weighted by Crippen LogP contribution is 2.38. The fourth-order valence-corrected chi connectivity index (χ4v) is 2.25. The lowest BCUT2D eigenvalue weighted by Gasteiger charge is -2.46. The number of nitro groups is 1. The van der Waals surface area contributed by atoms with Crippen LogP contribution in [-0.4, -0.2) is 38.5 Å². The molecule has 1 aliphatic rings. The van der Waals surface area contributed by atoms with Crippen LogP contribution < -0.4 is 4.90 Å². The number of nitrogens with zero attached hydrogens (tertiary/aromatic N) is 4. The van der Waals surface area contributed by atoms with Crippen molar-refractivity contribution in [2.45, 2.75) is 5.60 Å². The Bertz CT molecular complexity index is 654. The maximum absolute atomic E-state index is 13.1. The van der Waals surface area contributed by atoms with Crippen LogP contribution in [-0.2, 0) is 5.60 Å². The van der Waals surface area contributed by atoms with Gasteiger partial charge in [0.05, 0.1) is 30.3 Å². The number of hydrogen-bond acceptors (Lipinski definition) is 6. The van der Waals surface area contributed by atoms with Gasteiger partial charge in [-0.25, -0.2) is 4.39 Å². The zero-order valence-corrected chi connectivity index (χ0v) is 10.2. The Balaban J connectivity index is 1.86. The number of aliphatic hydroxyl groups is 1. The molecule has 0 bridgehead atoms. The van der Waals surface area contributed by atoms with E-state index < -0.39 is 16.3 Å². The molecule has 8 nitrogen and oxygen atoms in total. The zero-order valence-electron chi connectivity index (χ0n) is 10.2.